The number of hydrogen-bond donors (Lipinski definition) is 2. The Morgan fingerprint density at radius 1 is 1.43 bits per heavy atom. The molecule has 2 aromatic rings. The number of aromatic amines is 1. The number of piperidine rings is 1. The zero-order valence-electron chi connectivity index (χ0n) is 20.2. The zero-order valence-corrected chi connectivity index (χ0v) is 20.2. The van der Waals surface area contributed by atoms with Crippen molar-refractivity contribution in [1.29, 1.82) is 0 Å². The Labute approximate surface area is 202 Å². The van der Waals surface area contributed by atoms with Crippen LogP contribution in [0.3, 0.4) is 0 Å². The van der Waals surface area contributed by atoms with E-state index in [2.05, 4.69) is 15.2 Å². The largest absolute Gasteiger partial charge is 0.378 e. The van der Waals surface area contributed by atoms with Crippen molar-refractivity contribution in [3.63, 3.8) is 0 Å². The Kier molecular flexibility index (Phi) is 7.03. The summed E-state index contributed by atoms with van der Waals surface area (Å²) < 4.78 is 36.6. The third kappa shape index (κ3) is 4.72. The molecule has 1 amide bonds. The second-order valence-corrected chi connectivity index (χ2v) is 9.77. The zero-order chi connectivity index (χ0) is 25.4. The molecule has 2 aromatic heterocycles. The predicted molar refractivity (Wildman–Crippen MR) is 125 cm³/mol. The molecule has 1 saturated heterocycles. The fourth-order valence-electron chi connectivity index (χ4n) is 5.30. The van der Waals surface area contributed by atoms with E-state index in [1.807, 2.05) is 0 Å². The van der Waals surface area contributed by atoms with Crippen molar-refractivity contribution in [2.75, 3.05) is 34.3 Å². The third-order valence-electron chi connectivity index (χ3n) is 7.07. The molecule has 3 atom stereocenters. The number of amides is 1. The molecule has 190 valence electrons. The summed E-state index contributed by atoms with van der Waals surface area (Å²) in [6.07, 6.45) is 3.35. The summed E-state index contributed by atoms with van der Waals surface area (Å²) in [4.78, 5) is 31.6. The number of nitrogens with one attached hydrogen (secondary N) is 1. The van der Waals surface area contributed by atoms with Gasteiger partial charge in [-0.15, -0.1) is 0 Å². The van der Waals surface area contributed by atoms with Crippen LogP contribution in [0.5, 0.6) is 0 Å². The highest BCUT2D eigenvalue weighted by Gasteiger charge is 2.60. The van der Waals surface area contributed by atoms with Crippen molar-refractivity contribution in [3.05, 3.63) is 57.8 Å². The SMILES string of the molecule is COC(C1CC1)C(C(N)=O)(c1cccnn1)N1CCC(F)(F)[C@@H](c2c[nH]c(=O)c(CN(C)C)c2)C1. The molecule has 0 bridgehead atoms. The quantitative estimate of drug-likeness (QED) is 0.546. The van der Waals surface area contributed by atoms with Crippen LogP contribution in [-0.4, -0.2) is 77.2 Å². The molecular formula is C24H32F2N6O3. The van der Waals surface area contributed by atoms with Crippen LogP contribution in [0.4, 0.5) is 8.78 Å². The van der Waals surface area contributed by atoms with E-state index in [1.54, 1.807) is 36.0 Å². The normalized spacial score (nSPS) is 23.1. The Morgan fingerprint density at radius 2 is 2.17 bits per heavy atom. The van der Waals surface area contributed by atoms with Crippen molar-refractivity contribution >= 4 is 5.91 Å². The maximum absolute atomic E-state index is 15.4. The smallest absolute Gasteiger partial charge is 0.257 e. The molecule has 9 nitrogen and oxygen atoms in total. The number of carbonyl (C=O) groups excluding carboxylic acids is 1. The van der Waals surface area contributed by atoms with Gasteiger partial charge in [-0.25, -0.2) is 8.78 Å². The van der Waals surface area contributed by atoms with Crippen molar-refractivity contribution in [2.24, 2.45) is 11.7 Å². The maximum Gasteiger partial charge on any atom is 0.257 e. The molecular weight excluding hydrogens is 458 g/mol. The van der Waals surface area contributed by atoms with Crippen molar-refractivity contribution in [3.8, 4) is 0 Å². The minimum Gasteiger partial charge on any atom is -0.378 e. The standard InChI is InChI=1S/C24H32F2N6O3/c1-31(2)13-17-11-16(12-28-21(17)33)18-14-32(10-8-23(18,25)26)24(22(27)34,19-5-4-9-29-30-19)20(35-3)15-6-7-15/h4-5,9,11-12,15,18,20H,6-8,10,13-14H2,1-3H3,(H2,27,34)(H,28,33)/t18-,20?,24?/m1/s1. The Balaban J connectivity index is 1.80. The number of pyridine rings is 1. The van der Waals surface area contributed by atoms with E-state index in [1.165, 1.54) is 25.6 Å². The lowest BCUT2D eigenvalue weighted by atomic mass is 9.78. The number of primary amides is 1. The molecule has 4 rings (SSSR count). The topological polar surface area (TPSA) is 117 Å². The fraction of sp³-hybridized carbons (Fsp3) is 0.583. The van der Waals surface area contributed by atoms with Gasteiger partial charge in [0, 0.05) is 51.1 Å². The molecule has 2 unspecified atom stereocenters. The second-order valence-electron chi connectivity index (χ2n) is 9.77. The summed E-state index contributed by atoms with van der Waals surface area (Å²) in [7, 11) is 5.10. The number of aromatic nitrogens is 3. The van der Waals surface area contributed by atoms with E-state index < -0.39 is 35.8 Å². The highest BCUT2D eigenvalue weighted by atomic mass is 19.3. The van der Waals surface area contributed by atoms with Crippen LogP contribution >= 0.6 is 0 Å². The van der Waals surface area contributed by atoms with Crippen molar-refractivity contribution in [2.45, 2.75) is 49.3 Å². The maximum atomic E-state index is 15.4. The first kappa shape index (κ1) is 25.3. The average molecular weight is 491 g/mol. The fourth-order valence-corrected chi connectivity index (χ4v) is 5.30. The summed E-state index contributed by atoms with van der Waals surface area (Å²) in [5, 5.41) is 8.15. The van der Waals surface area contributed by atoms with Gasteiger partial charge < -0.3 is 20.4 Å². The van der Waals surface area contributed by atoms with E-state index in [0.29, 0.717) is 17.7 Å². The first-order valence-corrected chi connectivity index (χ1v) is 11.7. The second kappa shape index (κ2) is 9.71. The Bertz CT molecular complexity index is 1110. The lowest BCUT2D eigenvalue weighted by Crippen LogP contribution is -2.66. The number of likely N-dealkylation sites (tertiary alicyclic amines) is 1. The minimum atomic E-state index is -3.06. The minimum absolute atomic E-state index is 0.0511. The first-order valence-electron chi connectivity index (χ1n) is 11.7. The highest BCUT2D eigenvalue weighted by molar-refractivity contribution is 5.86. The lowest BCUT2D eigenvalue weighted by Gasteiger charge is -2.50. The van der Waals surface area contributed by atoms with Gasteiger partial charge in [0.1, 0.15) is 0 Å². The number of carbonyl (C=O) groups is 1. The number of hydrogen-bond acceptors (Lipinski definition) is 7. The number of alkyl halides is 2. The molecule has 1 aliphatic heterocycles. The molecule has 2 aliphatic rings. The first-order chi connectivity index (χ1) is 16.6. The number of rotatable bonds is 9. The average Bonchev–Trinajstić information content (AvgIpc) is 3.64. The number of nitrogens with zero attached hydrogens (tertiary/aromatic N) is 4. The lowest BCUT2D eigenvalue weighted by molar-refractivity contribution is -0.160. The number of H-pyrrole nitrogens is 1. The summed E-state index contributed by atoms with van der Waals surface area (Å²) >= 11 is 0. The molecule has 0 aromatic carbocycles. The Hall–Kier alpha value is -2.76. The van der Waals surface area contributed by atoms with E-state index in [0.717, 1.165) is 12.8 Å². The highest BCUT2D eigenvalue weighted by Crippen LogP contribution is 2.49. The molecule has 1 saturated carbocycles. The number of halogens is 2. The van der Waals surface area contributed by atoms with Gasteiger partial charge in [-0.2, -0.15) is 10.2 Å². The van der Waals surface area contributed by atoms with Crippen molar-refractivity contribution in [1.82, 2.24) is 25.0 Å². The van der Waals surface area contributed by atoms with Crippen LogP contribution in [0, 0.1) is 5.92 Å². The van der Waals surface area contributed by atoms with Gasteiger partial charge >= 0.3 is 0 Å². The van der Waals surface area contributed by atoms with Crippen molar-refractivity contribution < 1.29 is 18.3 Å². The molecule has 0 spiro atoms. The van der Waals surface area contributed by atoms with E-state index >= 15 is 8.78 Å². The Morgan fingerprint density at radius 3 is 2.74 bits per heavy atom. The predicted octanol–water partition coefficient (Wildman–Crippen LogP) is 1.46. The van der Waals surface area contributed by atoms with Crippen LogP contribution in [-0.2, 0) is 21.6 Å². The third-order valence-corrected chi connectivity index (χ3v) is 7.07. The van der Waals surface area contributed by atoms with Gasteiger partial charge in [-0.3, -0.25) is 14.5 Å². The molecule has 0 radical (unpaired) electrons. The molecule has 1 aliphatic carbocycles. The van der Waals surface area contributed by atoms with Gasteiger partial charge in [0.25, 0.3) is 11.5 Å². The van der Waals surface area contributed by atoms with E-state index in [9.17, 15) is 9.59 Å². The van der Waals surface area contributed by atoms with Crippen LogP contribution in [0.25, 0.3) is 0 Å². The molecule has 35 heavy (non-hydrogen) atoms. The molecule has 3 N–H and O–H groups in total. The molecule has 2 fully saturated rings. The molecule has 3 heterocycles. The van der Waals surface area contributed by atoms with Crippen LogP contribution in [0.15, 0.2) is 35.4 Å². The van der Waals surface area contributed by atoms with Gasteiger partial charge in [0.2, 0.25) is 5.91 Å². The summed E-state index contributed by atoms with van der Waals surface area (Å²) in [5.41, 5.74) is 5.15. The summed E-state index contributed by atoms with van der Waals surface area (Å²) in [6, 6.07) is 4.82. The number of ether oxygens (including phenoxy) is 1. The van der Waals surface area contributed by atoms with Crippen LogP contribution < -0.4 is 11.3 Å². The van der Waals surface area contributed by atoms with E-state index in [4.69, 9.17) is 10.5 Å². The molecule has 11 heteroatoms. The number of nitrogens with two attached hydrogens (primary N) is 1. The van der Waals surface area contributed by atoms with Crippen LogP contribution in [0.2, 0.25) is 0 Å². The van der Waals surface area contributed by atoms with Gasteiger partial charge in [0.05, 0.1) is 17.7 Å². The monoisotopic (exact) mass is 490 g/mol. The van der Waals surface area contributed by atoms with Gasteiger partial charge in [-0.05, 0) is 56.6 Å². The van der Waals surface area contributed by atoms with Gasteiger partial charge in [-0.1, -0.05) is 0 Å². The van der Waals surface area contributed by atoms with Crippen LogP contribution in [0.1, 0.15) is 42.0 Å². The summed E-state index contributed by atoms with van der Waals surface area (Å²) in [6.45, 7) is 0.0550. The number of methoxy groups -OCH3 is 1. The van der Waals surface area contributed by atoms with E-state index in [-0.39, 0.29) is 30.3 Å². The summed E-state index contributed by atoms with van der Waals surface area (Å²) in [5.74, 6) is -5.00. The van der Waals surface area contributed by atoms with Gasteiger partial charge in [0.15, 0.2) is 5.54 Å².